The number of nitrogens with one attached hydrogen (secondary N) is 1. The van der Waals surface area contributed by atoms with Gasteiger partial charge in [-0.25, -0.2) is 4.79 Å². The average molecular weight is 317 g/mol. The summed E-state index contributed by atoms with van der Waals surface area (Å²) in [5, 5.41) is 12.9. The number of rotatable bonds is 7. The van der Waals surface area contributed by atoms with E-state index in [9.17, 15) is 4.79 Å². The van der Waals surface area contributed by atoms with Crippen LogP contribution in [-0.2, 0) is 17.6 Å². The Hall–Kier alpha value is -1.39. The maximum absolute atomic E-state index is 11.1. The monoisotopic (exact) mass is 317 g/mol. The van der Waals surface area contributed by atoms with Crippen LogP contribution in [0.1, 0.15) is 53.6 Å². The Morgan fingerprint density at radius 2 is 2.22 bits per heavy atom. The summed E-state index contributed by atoms with van der Waals surface area (Å²) in [6, 6.07) is 6.09. The molecule has 2 aliphatic carbocycles. The van der Waals surface area contributed by atoms with E-state index in [1.165, 1.54) is 30.4 Å². The van der Waals surface area contributed by atoms with Crippen LogP contribution in [0.15, 0.2) is 18.2 Å². The van der Waals surface area contributed by atoms with E-state index in [4.69, 9.17) is 9.84 Å². The number of carboxylic acids is 1. The van der Waals surface area contributed by atoms with Crippen LogP contribution in [0, 0.1) is 5.41 Å². The summed E-state index contributed by atoms with van der Waals surface area (Å²) in [7, 11) is 1.78. The molecule has 23 heavy (non-hydrogen) atoms. The predicted molar refractivity (Wildman–Crippen MR) is 90.0 cm³/mol. The van der Waals surface area contributed by atoms with E-state index < -0.39 is 5.97 Å². The van der Waals surface area contributed by atoms with E-state index >= 15 is 0 Å². The zero-order valence-electron chi connectivity index (χ0n) is 13.9. The van der Waals surface area contributed by atoms with Crippen LogP contribution in [-0.4, -0.2) is 37.4 Å². The molecular formula is C19H27NO3. The molecule has 0 heterocycles. The molecule has 0 aromatic heterocycles. The van der Waals surface area contributed by atoms with Gasteiger partial charge in [-0.15, -0.1) is 0 Å². The molecule has 1 fully saturated rings. The summed E-state index contributed by atoms with van der Waals surface area (Å²) >= 11 is 0. The molecule has 2 N–H and O–H groups in total. The summed E-state index contributed by atoms with van der Waals surface area (Å²) in [4.78, 5) is 11.1. The number of benzene rings is 1. The molecule has 0 saturated heterocycles. The van der Waals surface area contributed by atoms with Crippen molar-refractivity contribution in [2.75, 3.05) is 20.3 Å². The first-order chi connectivity index (χ1) is 11.1. The Kier molecular flexibility index (Phi) is 5.02. The van der Waals surface area contributed by atoms with E-state index in [-0.39, 0.29) is 0 Å². The molecule has 0 spiro atoms. The molecule has 1 atom stereocenters. The number of methoxy groups -OCH3 is 1. The normalized spacial score (nSPS) is 22.2. The SMILES string of the molecule is COCCC1(CNC2CCc3cc(C(=O)O)ccc3C2)CCC1. The van der Waals surface area contributed by atoms with Crippen molar-refractivity contribution in [2.24, 2.45) is 5.41 Å². The standard InChI is InChI=1S/C19H27NO3/c1-23-10-9-19(7-2-8-19)13-20-17-6-5-14-11-16(18(21)22)4-3-15(14)12-17/h3-4,11,17,20H,2,5-10,12-13H2,1H3,(H,21,22). The van der Waals surface area contributed by atoms with Crippen molar-refractivity contribution in [1.29, 1.82) is 0 Å². The third-order valence-corrected chi connectivity index (χ3v) is 5.70. The third kappa shape index (κ3) is 3.75. The highest BCUT2D eigenvalue weighted by Crippen LogP contribution is 2.43. The maximum atomic E-state index is 11.1. The van der Waals surface area contributed by atoms with Crippen molar-refractivity contribution >= 4 is 5.97 Å². The molecule has 1 saturated carbocycles. The lowest BCUT2D eigenvalue weighted by Gasteiger charge is -2.43. The number of ether oxygens (including phenoxy) is 1. The minimum Gasteiger partial charge on any atom is -0.478 e. The summed E-state index contributed by atoms with van der Waals surface area (Å²) < 4.78 is 5.27. The van der Waals surface area contributed by atoms with E-state index in [0.29, 0.717) is 17.0 Å². The fourth-order valence-corrected chi connectivity index (χ4v) is 3.93. The van der Waals surface area contributed by atoms with Crippen LogP contribution in [0.5, 0.6) is 0 Å². The highest BCUT2D eigenvalue weighted by molar-refractivity contribution is 5.87. The Balaban J connectivity index is 1.56. The van der Waals surface area contributed by atoms with Crippen molar-refractivity contribution in [3.05, 3.63) is 34.9 Å². The molecule has 0 bridgehead atoms. The molecule has 1 aromatic carbocycles. The molecular weight excluding hydrogens is 290 g/mol. The van der Waals surface area contributed by atoms with Gasteiger partial charge in [-0.05, 0) is 67.2 Å². The molecule has 2 aliphatic rings. The van der Waals surface area contributed by atoms with Gasteiger partial charge < -0.3 is 15.2 Å². The van der Waals surface area contributed by atoms with Crippen LogP contribution in [0.3, 0.4) is 0 Å². The molecule has 4 nitrogen and oxygen atoms in total. The summed E-state index contributed by atoms with van der Waals surface area (Å²) in [6.07, 6.45) is 8.20. The molecule has 126 valence electrons. The van der Waals surface area contributed by atoms with Gasteiger partial charge in [0.05, 0.1) is 5.56 Å². The molecule has 4 heteroatoms. The van der Waals surface area contributed by atoms with Crippen molar-refractivity contribution in [2.45, 2.75) is 51.0 Å². The van der Waals surface area contributed by atoms with Crippen LogP contribution >= 0.6 is 0 Å². The number of fused-ring (bicyclic) bond motifs is 1. The number of aryl methyl sites for hydroxylation is 1. The predicted octanol–water partition coefficient (Wildman–Crippen LogP) is 3.04. The number of carbonyl (C=O) groups is 1. The molecule has 0 aliphatic heterocycles. The first-order valence-corrected chi connectivity index (χ1v) is 8.69. The summed E-state index contributed by atoms with van der Waals surface area (Å²) in [6.45, 7) is 1.94. The third-order valence-electron chi connectivity index (χ3n) is 5.70. The largest absolute Gasteiger partial charge is 0.478 e. The van der Waals surface area contributed by atoms with E-state index in [0.717, 1.165) is 38.8 Å². The van der Waals surface area contributed by atoms with Crippen LogP contribution in [0.4, 0.5) is 0 Å². The van der Waals surface area contributed by atoms with Crippen LogP contribution in [0.2, 0.25) is 0 Å². The van der Waals surface area contributed by atoms with Gasteiger partial charge in [0, 0.05) is 26.3 Å². The lowest BCUT2D eigenvalue weighted by atomic mass is 9.66. The van der Waals surface area contributed by atoms with Gasteiger partial charge in [-0.3, -0.25) is 0 Å². The molecule has 0 radical (unpaired) electrons. The highest BCUT2D eigenvalue weighted by atomic mass is 16.5. The fourth-order valence-electron chi connectivity index (χ4n) is 3.93. The van der Waals surface area contributed by atoms with Gasteiger partial charge >= 0.3 is 5.97 Å². The zero-order chi connectivity index (χ0) is 16.3. The van der Waals surface area contributed by atoms with Crippen molar-refractivity contribution in [1.82, 2.24) is 5.32 Å². The number of hydrogen-bond acceptors (Lipinski definition) is 3. The van der Waals surface area contributed by atoms with Crippen molar-refractivity contribution < 1.29 is 14.6 Å². The maximum Gasteiger partial charge on any atom is 0.335 e. The highest BCUT2D eigenvalue weighted by Gasteiger charge is 2.36. The first-order valence-electron chi connectivity index (χ1n) is 8.69. The second-order valence-electron chi connectivity index (χ2n) is 7.21. The second-order valence-corrected chi connectivity index (χ2v) is 7.21. The molecule has 1 aromatic rings. The van der Waals surface area contributed by atoms with E-state index in [1.54, 1.807) is 13.2 Å². The Bertz CT molecular complexity index is 566. The van der Waals surface area contributed by atoms with E-state index in [2.05, 4.69) is 5.32 Å². The quantitative estimate of drug-likeness (QED) is 0.811. The summed E-state index contributed by atoms with van der Waals surface area (Å²) in [5.74, 6) is -0.835. The van der Waals surface area contributed by atoms with Gasteiger partial charge in [-0.2, -0.15) is 0 Å². The summed E-state index contributed by atoms with van der Waals surface area (Å²) in [5.41, 5.74) is 3.37. The lowest BCUT2D eigenvalue weighted by Crippen LogP contribution is -2.46. The number of aromatic carboxylic acids is 1. The lowest BCUT2D eigenvalue weighted by molar-refractivity contribution is 0.0657. The fraction of sp³-hybridized carbons (Fsp3) is 0.632. The Morgan fingerprint density at radius 3 is 2.87 bits per heavy atom. The van der Waals surface area contributed by atoms with Crippen LogP contribution in [0.25, 0.3) is 0 Å². The minimum absolute atomic E-state index is 0.406. The van der Waals surface area contributed by atoms with Gasteiger partial charge in [0.15, 0.2) is 0 Å². The van der Waals surface area contributed by atoms with Crippen molar-refractivity contribution in [3.8, 4) is 0 Å². The molecule has 0 amide bonds. The average Bonchev–Trinajstić information content (AvgIpc) is 2.53. The zero-order valence-corrected chi connectivity index (χ0v) is 13.9. The van der Waals surface area contributed by atoms with Crippen molar-refractivity contribution in [3.63, 3.8) is 0 Å². The van der Waals surface area contributed by atoms with Gasteiger partial charge in [-0.1, -0.05) is 12.5 Å². The number of carboxylic acid groups (broad SMARTS) is 1. The van der Waals surface area contributed by atoms with Gasteiger partial charge in [0.2, 0.25) is 0 Å². The second kappa shape index (κ2) is 7.02. The smallest absolute Gasteiger partial charge is 0.335 e. The topological polar surface area (TPSA) is 58.6 Å². The Labute approximate surface area is 138 Å². The van der Waals surface area contributed by atoms with Gasteiger partial charge in [0.1, 0.15) is 0 Å². The first kappa shape index (κ1) is 16.5. The molecule has 1 unspecified atom stereocenters. The molecule has 3 rings (SSSR count). The van der Waals surface area contributed by atoms with Gasteiger partial charge in [0.25, 0.3) is 0 Å². The van der Waals surface area contributed by atoms with Crippen LogP contribution < -0.4 is 5.32 Å². The Morgan fingerprint density at radius 1 is 1.39 bits per heavy atom. The minimum atomic E-state index is -0.835. The van der Waals surface area contributed by atoms with E-state index in [1.807, 2.05) is 12.1 Å². The number of hydrogen-bond donors (Lipinski definition) is 2.